The summed E-state index contributed by atoms with van der Waals surface area (Å²) in [6.45, 7) is 0. The van der Waals surface area contributed by atoms with Crippen LogP contribution in [0.15, 0.2) is 60.4 Å². The maximum atomic E-state index is 12.2. The largest absolute Gasteiger partial charge is 0.394 e. The lowest BCUT2D eigenvalue weighted by molar-refractivity contribution is 0.0982. The van der Waals surface area contributed by atoms with Gasteiger partial charge in [-0.2, -0.15) is 8.42 Å². The van der Waals surface area contributed by atoms with Gasteiger partial charge in [-0.1, -0.05) is 18.2 Å². The number of anilines is 1. The summed E-state index contributed by atoms with van der Waals surface area (Å²) in [6.07, 6.45) is 2.80. The van der Waals surface area contributed by atoms with Crippen molar-refractivity contribution in [2.24, 2.45) is 0 Å². The first kappa shape index (κ1) is 17.5. The van der Waals surface area contributed by atoms with Gasteiger partial charge in [-0.3, -0.25) is 23.7 Å². The lowest BCUT2D eigenvalue weighted by Crippen LogP contribution is -2.22. The number of para-hydroxylation sites is 1. The first-order chi connectivity index (χ1) is 11.3. The SMILES string of the molecule is O=C1C(Nc2ccccc2)=CC(=O)c2ncccc21.O=S(=O)(O)O. The van der Waals surface area contributed by atoms with Gasteiger partial charge in [0.15, 0.2) is 0 Å². The lowest BCUT2D eigenvalue weighted by atomic mass is 9.97. The van der Waals surface area contributed by atoms with Crippen molar-refractivity contribution in [2.45, 2.75) is 0 Å². The number of carbonyl (C=O) groups is 2. The number of Topliss-reactive ketones (excluding diaryl/α,β-unsaturated/α-hetero) is 1. The molecule has 2 aromatic rings. The van der Waals surface area contributed by atoms with Crippen molar-refractivity contribution in [2.75, 3.05) is 5.32 Å². The summed E-state index contributed by atoms with van der Waals surface area (Å²) in [5, 5.41) is 2.96. The molecule has 1 heterocycles. The van der Waals surface area contributed by atoms with E-state index in [0.717, 1.165) is 5.69 Å². The Labute approximate surface area is 137 Å². The molecular formula is C15H12N2O6S. The van der Waals surface area contributed by atoms with Gasteiger partial charge in [-0.15, -0.1) is 0 Å². The molecule has 0 unspecified atom stereocenters. The fraction of sp³-hybridized carbons (Fsp3) is 0. The van der Waals surface area contributed by atoms with Crippen molar-refractivity contribution in [1.29, 1.82) is 0 Å². The zero-order valence-corrected chi connectivity index (χ0v) is 12.9. The number of ketones is 2. The van der Waals surface area contributed by atoms with E-state index in [9.17, 15) is 9.59 Å². The summed E-state index contributed by atoms with van der Waals surface area (Å²) in [6, 6.07) is 12.5. The Kier molecular flexibility index (Phi) is 5.19. The number of hydrogen-bond donors (Lipinski definition) is 3. The van der Waals surface area contributed by atoms with Gasteiger partial charge in [0.05, 0.1) is 11.3 Å². The Hall–Kier alpha value is -2.88. The van der Waals surface area contributed by atoms with Gasteiger partial charge in [0.25, 0.3) is 0 Å². The summed E-state index contributed by atoms with van der Waals surface area (Å²) in [4.78, 5) is 28.1. The predicted octanol–water partition coefficient (Wildman–Crippen LogP) is 1.80. The molecule has 8 nitrogen and oxygen atoms in total. The number of fused-ring (bicyclic) bond motifs is 1. The molecule has 0 bridgehead atoms. The van der Waals surface area contributed by atoms with Crippen LogP contribution < -0.4 is 5.32 Å². The van der Waals surface area contributed by atoms with Crippen molar-refractivity contribution >= 4 is 27.7 Å². The highest BCUT2D eigenvalue weighted by Crippen LogP contribution is 2.20. The zero-order valence-electron chi connectivity index (χ0n) is 12.1. The molecule has 0 radical (unpaired) electrons. The molecule has 0 spiro atoms. The van der Waals surface area contributed by atoms with E-state index < -0.39 is 10.4 Å². The molecule has 0 amide bonds. The van der Waals surface area contributed by atoms with E-state index in [-0.39, 0.29) is 23.0 Å². The van der Waals surface area contributed by atoms with E-state index >= 15 is 0 Å². The number of aromatic nitrogens is 1. The molecular weight excluding hydrogens is 336 g/mol. The zero-order chi connectivity index (χ0) is 17.7. The molecule has 3 rings (SSSR count). The lowest BCUT2D eigenvalue weighted by Gasteiger charge is -2.15. The van der Waals surface area contributed by atoms with Crippen LogP contribution in [0.2, 0.25) is 0 Å². The highest BCUT2D eigenvalue weighted by molar-refractivity contribution is 7.79. The van der Waals surface area contributed by atoms with Crippen molar-refractivity contribution in [3.63, 3.8) is 0 Å². The number of allylic oxidation sites excluding steroid dienone is 2. The van der Waals surface area contributed by atoms with E-state index in [2.05, 4.69) is 10.3 Å². The first-order valence-electron chi connectivity index (χ1n) is 6.53. The number of benzene rings is 1. The second-order valence-electron chi connectivity index (χ2n) is 4.59. The van der Waals surface area contributed by atoms with Crippen LogP contribution >= 0.6 is 0 Å². The van der Waals surface area contributed by atoms with E-state index in [1.54, 1.807) is 12.1 Å². The summed E-state index contributed by atoms with van der Waals surface area (Å²) in [5.41, 5.74) is 1.60. The van der Waals surface area contributed by atoms with Crippen LogP contribution in [0.1, 0.15) is 20.8 Å². The number of carbonyl (C=O) groups excluding carboxylic acids is 2. The molecule has 124 valence electrons. The number of hydrogen-bond acceptors (Lipinski definition) is 6. The van der Waals surface area contributed by atoms with Gasteiger partial charge in [0, 0.05) is 18.0 Å². The van der Waals surface area contributed by atoms with E-state index in [4.69, 9.17) is 17.5 Å². The molecule has 9 heteroatoms. The molecule has 0 atom stereocenters. The average Bonchev–Trinajstić information content (AvgIpc) is 2.52. The second kappa shape index (κ2) is 7.13. The maximum Gasteiger partial charge on any atom is 0.394 e. The number of rotatable bonds is 2. The van der Waals surface area contributed by atoms with E-state index in [1.165, 1.54) is 12.3 Å². The van der Waals surface area contributed by atoms with Gasteiger partial charge >= 0.3 is 10.4 Å². The number of nitrogens with zero attached hydrogens (tertiary/aromatic N) is 1. The van der Waals surface area contributed by atoms with Crippen LogP contribution in [0.4, 0.5) is 5.69 Å². The minimum atomic E-state index is -4.67. The summed E-state index contributed by atoms with van der Waals surface area (Å²) in [5.74, 6) is -0.472. The number of pyridine rings is 1. The first-order valence-corrected chi connectivity index (χ1v) is 7.93. The maximum absolute atomic E-state index is 12.2. The molecule has 0 aliphatic heterocycles. The standard InChI is InChI=1S/C15H10N2O2.H2O4S/c18-13-9-12(17-10-5-2-1-3-6-10)15(19)11-7-4-8-16-14(11)13;1-5(2,3)4/h1-9,17H;(H2,1,2,3,4). The van der Waals surface area contributed by atoms with Crippen LogP contribution in [-0.2, 0) is 10.4 Å². The van der Waals surface area contributed by atoms with Gasteiger partial charge in [0.1, 0.15) is 5.69 Å². The predicted molar refractivity (Wildman–Crippen MR) is 85.2 cm³/mol. The minimum absolute atomic E-state index is 0.214. The minimum Gasteiger partial charge on any atom is -0.352 e. The Morgan fingerprint density at radius 1 is 0.958 bits per heavy atom. The third-order valence-corrected chi connectivity index (χ3v) is 2.86. The third kappa shape index (κ3) is 4.81. The fourth-order valence-corrected chi connectivity index (χ4v) is 1.96. The smallest absolute Gasteiger partial charge is 0.352 e. The molecule has 0 saturated heterocycles. The Balaban J connectivity index is 0.000000368. The van der Waals surface area contributed by atoms with Crippen molar-refractivity contribution in [1.82, 2.24) is 4.98 Å². The van der Waals surface area contributed by atoms with Crippen LogP contribution in [0.5, 0.6) is 0 Å². The van der Waals surface area contributed by atoms with E-state index in [0.29, 0.717) is 5.56 Å². The van der Waals surface area contributed by atoms with Crippen LogP contribution in [0.3, 0.4) is 0 Å². The number of nitrogens with one attached hydrogen (secondary N) is 1. The van der Waals surface area contributed by atoms with Crippen molar-refractivity contribution < 1.29 is 27.1 Å². The van der Waals surface area contributed by atoms with Gasteiger partial charge in [0.2, 0.25) is 11.6 Å². The normalized spacial score (nSPS) is 13.3. The molecule has 1 aromatic carbocycles. The molecule has 3 N–H and O–H groups in total. The highest BCUT2D eigenvalue weighted by Gasteiger charge is 2.26. The molecule has 1 aliphatic carbocycles. The Morgan fingerprint density at radius 2 is 1.58 bits per heavy atom. The molecule has 0 fully saturated rings. The Bertz CT molecular complexity index is 899. The van der Waals surface area contributed by atoms with Crippen LogP contribution in [-0.4, -0.2) is 34.1 Å². The van der Waals surface area contributed by atoms with Crippen LogP contribution in [0, 0.1) is 0 Å². The average molecular weight is 348 g/mol. The summed E-state index contributed by atoms with van der Waals surface area (Å²) in [7, 11) is -4.67. The van der Waals surface area contributed by atoms with Gasteiger partial charge in [-0.05, 0) is 24.3 Å². The van der Waals surface area contributed by atoms with E-state index in [1.807, 2.05) is 30.3 Å². The van der Waals surface area contributed by atoms with Crippen molar-refractivity contribution in [3.05, 3.63) is 71.7 Å². The quantitative estimate of drug-likeness (QED) is 0.700. The monoisotopic (exact) mass is 348 g/mol. The topological polar surface area (TPSA) is 134 Å². The van der Waals surface area contributed by atoms with Crippen molar-refractivity contribution in [3.8, 4) is 0 Å². The summed E-state index contributed by atoms with van der Waals surface area (Å²) >= 11 is 0. The third-order valence-electron chi connectivity index (χ3n) is 2.86. The highest BCUT2D eigenvalue weighted by atomic mass is 32.3. The molecule has 0 saturated carbocycles. The van der Waals surface area contributed by atoms with Gasteiger partial charge in [-0.25, -0.2) is 0 Å². The summed E-state index contributed by atoms with van der Waals surface area (Å²) < 4.78 is 31.6. The Morgan fingerprint density at radius 3 is 2.21 bits per heavy atom. The fourth-order valence-electron chi connectivity index (χ4n) is 1.96. The van der Waals surface area contributed by atoms with Gasteiger partial charge < -0.3 is 5.32 Å². The molecule has 1 aliphatic rings. The second-order valence-corrected chi connectivity index (χ2v) is 5.49. The molecule has 24 heavy (non-hydrogen) atoms. The molecule has 1 aromatic heterocycles. The van der Waals surface area contributed by atoms with Crippen LogP contribution in [0.25, 0.3) is 0 Å².